The van der Waals surface area contributed by atoms with Gasteiger partial charge in [-0.2, -0.15) is 0 Å². The van der Waals surface area contributed by atoms with Crippen LogP contribution in [0.4, 0.5) is 0 Å². The van der Waals surface area contributed by atoms with Gasteiger partial charge in [0.15, 0.2) is 0 Å². The second-order valence-electron chi connectivity index (χ2n) is 6.50. The molecule has 0 radical (unpaired) electrons. The maximum Gasteiger partial charge on any atom is 0.328 e. The summed E-state index contributed by atoms with van der Waals surface area (Å²) in [6.45, 7) is 4.81. The van der Waals surface area contributed by atoms with Crippen molar-refractivity contribution in [3.63, 3.8) is 0 Å². The number of morpholine rings is 1. The SMILES string of the molecule is Cc1ccc([C@H](Cn2c(=O)[nH]c3ccccc3c2=O)N2CCOCC2)o1. The molecule has 0 spiro atoms. The maximum absolute atomic E-state index is 12.9. The molecule has 26 heavy (non-hydrogen) atoms. The highest BCUT2D eigenvalue weighted by Crippen LogP contribution is 2.25. The third kappa shape index (κ3) is 3.11. The van der Waals surface area contributed by atoms with E-state index >= 15 is 0 Å². The van der Waals surface area contributed by atoms with Crippen LogP contribution in [0.5, 0.6) is 0 Å². The first-order valence-corrected chi connectivity index (χ1v) is 8.73. The highest BCUT2D eigenvalue weighted by Gasteiger charge is 2.27. The molecule has 4 rings (SSSR count). The number of rotatable bonds is 4. The van der Waals surface area contributed by atoms with Gasteiger partial charge in [0.05, 0.1) is 36.7 Å². The van der Waals surface area contributed by atoms with E-state index in [4.69, 9.17) is 9.15 Å². The molecule has 7 heteroatoms. The molecular formula is C19H21N3O4. The predicted molar refractivity (Wildman–Crippen MR) is 97.4 cm³/mol. The summed E-state index contributed by atoms with van der Waals surface area (Å²) in [5.74, 6) is 1.56. The Morgan fingerprint density at radius 1 is 1.12 bits per heavy atom. The minimum Gasteiger partial charge on any atom is -0.465 e. The van der Waals surface area contributed by atoms with Crippen molar-refractivity contribution < 1.29 is 9.15 Å². The van der Waals surface area contributed by atoms with Crippen LogP contribution < -0.4 is 11.2 Å². The first-order chi connectivity index (χ1) is 12.6. The normalized spacial score (nSPS) is 16.8. The lowest BCUT2D eigenvalue weighted by atomic mass is 10.1. The molecule has 0 saturated carbocycles. The molecule has 1 saturated heterocycles. The standard InChI is InChI=1S/C19H21N3O4/c1-13-6-7-17(26-13)16(21-8-10-25-11-9-21)12-22-18(23)14-4-2-3-5-15(14)20-19(22)24/h2-7,16H,8-12H2,1H3,(H,20,24)/t16-/m0/s1. The van der Waals surface area contributed by atoms with Gasteiger partial charge in [0.1, 0.15) is 11.5 Å². The number of fused-ring (bicyclic) bond motifs is 1. The van der Waals surface area contributed by atoms with E-state index in [0.29, 0.717) is 24.1 Å². The van der Waals surface area contributed by atoms with Gasteiger partial charge in [-0.05, 0) is 31.2 Å². The van der Waals surface area contributed by atoms with Crippen molar-refractivity contribution in [3.8, 4) is 0 Å². The van der Waals surface area contributed by atoms with Gasteiger partial charge in [-0.25, -0.2) is 4.79 Å². The molecule has 1 aromatic carbocycles. The summed E-state index contributed by atoms with van der Waals surface area (Å²) < 4.78 is 12.5. The smallest absolute Gasteiger partial charge is 0.328 e. The number of nitrogens with one attached hydrogen (secondary N) is 1. The van der Waals surface area contributed by atoms with Crippen molar-refractivity contribution in [1.82, 2.24) is 14.5 Å². The number of para-hydroxylation sites is 1. The van der Waals surface area contributed by atoms with Gasteiger partial charge in [-0.3, -0.25) is 14.3 Å². The topological polar surface area (TPSA) is 80.5 Å². The van der Waals surface area contributed by atoms with Gasteiger partial charge >= 0.3 is 5.69 Å². The number of hydrogen-bond acceptors (Lipinski definition) is 5. The summed E-state index contributed by atoms with van der Waals surface area (Å²) in [6, 6.07) is 10.7. The van der Waals surface area contributed by atoms with Gasteiger partial charge in [0, 0.05) is 13.1 Å². The molecule has 3 aromatic rings. The Morgan fingerprint density at radius 2 is 1.88 bits per heavy atom. The van der Waals surface area contributed by atoms with Crippen molar-refractivity contribution >= 4 is 10.9 Å². The maximum atomic E-state index is 12.9. The molecule has 0 bridgehead atoms. The Kier molecular flexibility index (Phi) is 4.48. The van der Waals surface area contributed by atoms with Crippen LogP contribution in [0.1, 0.15) is 17.6 Å². The second-order valence-corrected chi connectivity index (χ2v) is 6.50. The zero-order chi connectivity index (χ0) is 18.1. The van der Waals surface area contributed by atoms with E-state index in [2.05, 4.69) is 9.88 Å². The van der Waals surface area contributed by atoms with Gasteiger partial charge < -0.3 is 14.1 Å². The first-order valence-electron chi connectivity index (χ1n) is 8.73. The van der Waals surface area contributed by atoms with E-state index in [1.54, 1.807) is 24.3 Å². The number of ether oxygens (including phenoxy) is 1. The fourth-order valence-corrected chi connectivity index (χ4v) is 3.44. The van der Waals surface area contributed by atoms with Crippen molar-refractivity contribution in [2.45, 2.75) is 19.5 Å². The van der Waals surface area contributed by atoms with Gasteiger partial charge in [-0.1, -0.05) is 12.1 Å². The number of aromatic amines is 1. The van der Waals surface area contributed by atoms with Crippen LogP contribution in [-0.2, 0) is 11.3 Å². The van der Waals surface area contributed by atoms with Crippen LogP contribution in [0.25, 0.3) is 10.9 Å². The molecule has 1 aliphatic heterocycles. The number of H-pyrrole nitrogens is 1. The van der Waals surface area contributed by atoms with E-state index in [9.17, 15) is 9.59 Å². The number of nitrogens with zero attached hydrogens (tertiary/aromatic N) is 2. The molecule has 1 atom stereocenters. The summed E-state index contributed by atoms with van der Waals surface area (Å²) in [5.41, 5.74) is -0.142. The molecule has 136 valence electrons. The van der Waals surface area contributed by atoms with E-state index in [1.807, 2.05) is 19.1 Å². The molecule has 1 N–H and O–H groups in total. The van der Waals surface area contributed by atoms with Crippen molar-refractivity contribution in [1.29, 1.82) is 0 Å². The van der Waals surface area contributed by atoms with E-state index in [0.717, 1.165) is 24.6 Å². The highest BCUT2D eigenvalue weighted by molar-refractivity contribution is 5.76. The summed E-state index contributed by atoms with van der Waals surface area (Å²) in [6.07, 6.45) is 0. The zero-order valence-electron chi connectivity index (χ0n) is 14.6. The van der Waals surface area contributed by atoms with Crippen LogP contribution in [0.3, 0.4) is 0 Å². The van der Waals surface area contributed by atoms with Crippen molar-refractivity contribution in [3.05, 3.63) is 68.8 Å². The average molecular weight is 355 g/mol. The third-order valence-electron chi connectivity index (χ3n) is 4.82. The van der Waals surface area contributed by atoms with Crippen LogP contribution in [0.2, 0.25) is 0 Å². The highest BCUT2D eigenvalue weighted by atomic mass is 16.5. The molecule has 7 nitrogen and oxygen atoms in total. The van der Waals surface area contributed by atoms with E-state index in [1.165, 1.54) is 4.57 Å². The predicted octanol–water partition coefficient (Wildman–Crippen LogP) is 1.66. The quantitative estimate of drug-likeness (QED) is 0.770. The summed E-state index contributed by atoms with van der Waals surface area (Å²) in [5, 5.41) is 0.503. The van der Waals surface area contributed by atoms with Crippen LogP contribution in [0.15, 0.2) is 50.4 Å². The molecular weight excluding hydrogens is 334 g/mol. The van der Waals surface area contributed by atoms with Crippen molar-refractivity contribution in [2.24, 2.45) is 0 Å². The fourth-order valence-electron chi connectivity index (χ4n) is 3.44. The molecule has 0 aliphatic carbocycles. The lowest BCUT2D eigenvalue weighted by Gasteiger charge is -2.33. The van der Waals surface area contributed by atoms with Crippen molar-refractivity contribution in [2.75, 3.05) is 26.3 Å². The monoisotopic (exact) mass is 355 g/mol. The van der Waals surface area contributed by atoms with E-state index < -0.39 is 5.69 Å². The lowest BCUT2D eigenvalue weighted by molar-refractivity contribution is 0.00689. The molecule has 2 aromatic heterocycles. The largest absolute Gasteiger partial charge is 0.465 e. The third-order valence-corrected chi connectivity index (χ3v) is 4.82. The van der Waals surface area contributed by atoms with Crippen LogP contribution in [-0.4, -0.2) is 40.8 Å². The molecule has 1 fully saturated rings. The molecule has 1 aliphatic rings. The molecule has 0 unspecified atom stereocenters. The minimum atomic E-state index is -0.407. The number of aryl methyl sites for hydroxylation is 1. The molecule has 3 heterocycles. The average Bonchev–Trinajstić information content (AvgIpc) is 3.08. The van der Waals surface area contributed by atoms with Gasteiger partial charge in [0.25, 0.3) is 5.56 Å². The Balaban J connectivity index is 1.77. The summed E-state index contributed by atoms with van der Waals surface area (Å²) in [7, 11) is 0. The first kappa shape index (κ1) is 16.8. The zero-order valence-corrected chi connectivity index (χ0v) is 14.6. The van der Waals surface area contributed by atoms with Gasteiger partial charge in [0.2, 0.25) is 0 Å². The Hall–Kier alpha value is -2.64. The number of aromatic nitrogens is 2. The number of hydrogen-bond donors (Lipinski definition) is 1. The number of benzene rings is 1. The van der Waals surface area contributed by atoms with Crippen LogP contribution >= 0.6 is 0 Å². The Morgan fingerprint density at radius 3 is 2.62 bits per heavy atom. The van der Waals surface area contributed by atoms with Crippen LogP contribution in [0, 0.1) is 6.92 Å². The Labute approximate surface area is 149 Å². The Bertz CT molecular complexity index is 1030. The fraction of sp³-hybridized carbons (Fsp3) is 0.368. The number of furan rings is 1. The van der Waals surface area contributed by atoms with E-state index in [-0.39, 0.29) is 18.1 Å². The minimum absolute atomic E-state index is 0.201. The second kappa shape index (κ2) is 6.93. The van der Waals surface area contributed by atoms with Gasteiger partial charge in [-0.15, -0.1) is 0 Å². The summed E-state index contributed by atoms with van der Waals surface area (Å²) >= 11 is 0. The molecule has 0 amide bonds. The summed E-state index contributed by atoms with van der Waals surface area (Å²) in [4.78, 5) is 30.4. The lowest BCUT2D eigenvalue weighted by Crippen LogP contribution is -2.44.